The lowest BCUT2D eigenvalue weighted by Gasteiger charge is -2.41. The molecule has 0 radical (unpaired) electrons. The van der Waals surface area contributed by atoms with Gasteiger partial charge < -0.3 is 15.1 Å². The highest BCUT2D eigenvalue weighted by Crippen LogP contribution is 2.19. The van der Waals surface area contributed by atoms with Crippen LogP contribution in [0.2, 0.25) is 0 Å². The van der Waals surface area contributed by atoms with Gasteiger partial charge in [-0.15, -0.1) is 12.4 Å². The first-order valence-corrected chi connectivity index (χ1v) is 9.12. The Labute approximate surface area is 164 Å². The van der Waals surface area contributed by atoms with Crippen molar-refractivity contribution in [2.45, 2.75) is 18.9 Å². The van der Waals surface area contributed by atoms with Crippen molar-refractivity contribution in [3.05, 3.63) is 48.3 Å². The van der Waals surface area contributed by atoms with Crippen molar-refractivity contribution < 1.29 is 9.59 Å². The average molecular weight is 390 g/mol. The first-order chi connectivity index (χ1) is 12.7. The Morgan fingerprint density at radius 3 is 2.70 bits per heavy atom. The van der Waals surface area contributed by atoms with Crippen LogP contribution in [0.4, 0.5) is 0 Å². The van der Waals surface area contributed by atoms with Gasteiger partial charge in [0, 0.05) is 50.2 Å². The van der Waals surface area contributed by atoms with Gasteiger partial charge in [-0.05, 0) is 43.2 Å². The molecule has 2 amide bonds. The quantitative estimate of drug-likeness (QED) is 0.859. The fraction of sp³-hybridized carbons (Fsp3) is 0.421. The number of hydrogen-bond acceptors (Lipinski definition) is 4. The minimum absolute atomic E-state index is 0. The molecule has 0 spiro atoms. The highest BCUT2D eigenvalue weighted by atomic mass is 35.5. The SMILES string of the molecule is Cl.O=C(c1ccc(-n2cccn2)cc1)N1CCCC(N2CCNCC2=O)C1. The molecule has 2 fully saturated rings. The van der Waals surface area contributed by atoms with Crippen LogP contribution in [-0.4, -0.2) is 70.2 Å². The summed E-state index contributed by atoms with van der Waals surface area (Å²) in [5.74, 6) is 0.170. The van der Waals surface area contributed by atoms with Gasteiger partial charge in [0.2, 0.25) is 5.91 Å². The Bertz CT molecular complexity index is 778. The monoisotopic (exact) mass is 389 g/mol. The summed E-state index contributed by atoms with van der Waals surface area (Å²) in [6, 6.07) is 9.50. The van der Waals surface area contributed by atoms with Crippen LogP contribution >= 0.6 is 12.4 Å². The van der Waals surface area contributed by atoms with Crippen LogP contribution in [0.25, 0.3) is 5.69 Å². The lowest BCUT2D eigenvalue weighted by Crippen LogP contribution is -2.57. The summed E-state index contributed by atoms with van der Waals surface area (Å²) in [5.41, 5.74) is 1.60. The van der Waals surface area contributed by atoms with Gasteiger partial charge in [-0.3, -0.25) is 9.59 Å². The molecule has 1 unspecified atom stereocenters. The van der Waals surface area contributed by atoms with E-state index < -0.39 is 0 Å². The summed E-state index contributed by atoms with van der Waals surface area (Å²) in [6.07, 6.45) is 5.49. The number of nitrogens with zero attached hydrogens (tertiary/aromatic N) is 4. The van der Waals surface area contributed by atoms with Crippen molar-refractivity contribution in [1.29, 1.82) is 0 Å². The van der Waals surface area contributed by atoms with Crippen LogP contribution in [0.15, 0.2) is 42.7 Å². The minimum Gasteiger partial charge on any atom is -0.337 e. The number of likely N-dealkylation sites (tertiary alicyclic amines) is 1. The predicted molar refractivity (Wildman–Crippen MR) is 104 cm³/mol. The minimum atomic E-state index is 0. The summed E-state index contributed by atoms with van der Waals surface area (Å²) in [6.45, 7) is 3.32. The van der Waals surface area contributed by atoms with Gasteiger partial charge in [0.25, 0.3) is 5.91 Å². The smallest absolute Gasteiger partial charge is 0.253 e. The molecule has 4 rings (SSSR count). The van der Waals surface area contributed by atoms with Gasteiger partial charge in [0.05, 0.1) is 12.2 Å². The van der Waals surface area contributed by atoms with E-state index in [9.17, 15) is 9.59 Å². The standard InChI is InChI=1S/C19H23N5O2.ClH/c25-18-13-20-9-12-23(18)17-3-1-10-22(14-17)19(26)15-4-6-16(7-5-15)24-11-2-8-21-24;/h2,4-8,11,17,20H,1,3,9-10,12-14H2;1H. The van der Waals surface area contributed by atoms with E-state index in [0.29, 0.717) is 18.7 Å². The number of piperazine rings is 1. The van der Waals surface area contributed by atoms with Gasteiger partial charge >= 0.3 is 0 Å². The molecule has 144 valence electrons. The van der Waals surface area contributed by atoms with Crippen LogP contribution < -0.4 is 5.32 Å². The molecule has 0 aliphatic carbocycles. The molecule has 8 heteroatoms. The zero-order chi connectivity index (χ0) is 17.9. The number of rotatable bonds is 3. The summed E-state index contributed by atoms with van der Waals surface area (Å²) in [5, 5.41) is 7.30. The zero-order valence-electron chi connectivity index (χ0n) is 15.1. The van der Waals surface area contributed by atoms with Crippen molar-refractivity contribution in [3.63, 3.8) is 0 Å². The van der Waals surface area contributed by atoms with E-state index in [1.54, 1.807) is 10.9 Å². The van der Waals surface area contributed by atoms with E-state index in [2.05, 4.69) is 10.4 Å². The molecular weight excluding hydrogens is 366 g/mol. The molecule has 2 aliphatic rings. The van der Waals surface area contributed by atoms with E-state index in [4.69, 9.17) is 0 Å². The molecule has 1 atom stereocenters. The molecule has 2 saturated heterocycles. The lowest BCUT2D eigenvalue weighted by molar-refractivity contribution is -0.135. The van der Waals surface area contributed by atoms with E-state index in [1.165, 1.54) is 0 Å². The topological polar surface area (TPSA) is 70.5 Å². The largest absolute Gasteiger partial charge is 0.337 e. The van der Waals surface area contributed by atoms with Crippen molar-refractivity contribution in [1.82, 2.24) is 24.9 Å². The molecule has 1 N–H and O–H groups in total. The molecule has 7 nitrogen and oxygen atoms in total. The highest BCUT2D eigenvalue weighted by molar-refractivity contribution is 5.94. The third kappa shape index (κ3) is 4.14. The Balaban J connectivity index is 0.00000210. The second-order valence-electron chi connectivity index (χ2n) is 6.81. The molecule has 0 bridgehead atoms. The van der Waals surface area contributed by atoms with Crippen molar-refractivity contribution in [2.75, 3.05) is 32.7 Å². The van der Waals surface area contributed by atoms with E-state index in [1.807, 2.05) is 46.3 Å². The maximum Gasteiger partial charge on any atom is 0.253 e. The Morgan fingerprint density at radius 1 is 1.19 bits per heavy atom. The first-order valence-electron chi connectivity index (χ1n) is 9.12. The normalized spacial score (nSPS) is 20.3. The van der Waals surface area contributed by atoms with Crippen LogP contribution in [-0.2, 0) is 4.79 Å². The molecule has 2 aromatic rings. The van der Waals surface area contributed by atoms with E-state index in [-0.39, 0.29) is 30.3 Å². The second-order valence-corrected chi connectivity index (χ2v) is 6.81. The van der Waals surface area contributed by atoms with Gasteiger partial charge in [-0.1, -0.05) is 0 Å². The number of carbonyl (C=O) groups is 2. The number of benzene rings is 1. The molecule has 2 aliphatic heterocycles. The fourth-order valence-corrected chi connectivity index (χ4v) is 3.76. The van der Waals surface area contributed by atoms with Gasteiger partial charge in [-0.2, -0.15) is 5.10 Å². The van der Waals surface area contributed by atoms with Crippen molar-refractivity contribution >= 4 is 24.2 Å². The van der Waals surface area contributed by atoms with Crippen molar-refractivity contribution in [3.8, 4) is 5.69 Å². The Hall–Kier alpha value is -2.38. The number of carbonyl (C=O) groups excluding carboxylic acids is 2. The van der Waals surface area contributed by atoms with Crippen LogP contribution in [0.1, 0.15) is 23.2 Å². The Kier molecular flexibility index (Phi) is 6.13. The molecule has 27 heavy (non-hydrogen) atoms. The second kappa shape index (κ2) is 8.54. The predicted octanol–water partition coefficient (Wildman–Crippen LogP) is 1.33. The molecule has 1 aromatic heterocycles. The summed E-state index contributed by atoms with van der Waals surface area (Å²) >= 11 is 0. The maximum absolute atomic E-state index is 12.9. The molecule has 3 heterocycles. The van der Waals surface area contributed by atoms with Crippen LogP contribution in [0.5, 0.6) is 0 Å². The molecule has 0 saturated carbocycles. The zero-order valence-corrected chi connectivity index (χ0v) is 15.9. The van der Waals surface area contributed by atoms with Crippen molar-refractivity contribution in [2.24, 2.45) is 0 Å². The number of aromatic nitrogens is 2. The van der Waals surface area contributed by atoms with Gasteiger partial charge in [0.15, 0.2) is 0 Å². The maximum atomic E-state index is 12.9. The fourth-order valence-electron chi connectivity index (χ4n) is 3.76. The summed E-state index contributed by atoms with van der Waals surface area (Å²) in [4.78, 5) is 28.9. The number of hydrogen-bond donors (Lipinski definition) is 1. The van der Waals surface area contributed by atoms with Crippen LogP contribution in [0, 0.1) is 0 Å². The third-order valence-corrected chi connectivity index (χ3v) is 5.13. The molecule has 1 aromatic carbocycles. The summed E-state index contributed by atoms with van der Waals surface area (Å²) < 4.78 is 1.77. The average Bonchev–Trinajstić information content (AvgIpc) is 3.23. The molecular formula is C19H24ClN5O2. The number of piperidine rings is 1. The first kappa shape index (κ1) is 19.4. The number of halogens is 1. The van der Waals surface area contributed by atoms with E-state index in [0.717, 1.165) is 38.2 Å². The third-order valence-electron chi connectivity index (χ3n) is 5.13. The summed E-state index contributed by atoms with van der Waals surface area (Å²) in [7, 11) is 0. The number of nitrogens with one attached hydrogen (secondary N) is 1. The van der Waals surface area contributed by atoms with Gasteiger partial charge in [-0.25, -0.2) is 4.68 Å². The van der Waals surface area contributed by atoms with Gasteiger partial charge in [0.1, 0.15) is 0 Å². The highest BCUT2D eigenvalue weighted by Gasteiger charge is 2.31. The van der Waals surface area contributed by atoms with E-state index >= 15 is 0 Å². The van der Waals surface area contributed by atoms with Crippen LogP contribution in [0.3, 0.4) is 0 Å². The Morgan fingerprint density at radius 2 is 2.00 bits per heavy atom. The number of amides is 2. The lowest BCUT2D eigenvalue weighted by atomic mass is 10.0.